The molecule has 1 N–H and O–H groups in total. The first-order valence-corrected chi connectivity index (χ1v) is 6.35. The summed E-state index contributed by atoms with van der Waals surface area (Å²) in [5, 5.41) is 3.37. The Morgan fingerprint density at radius 2 is 1.94 bits per heavy atom. The van der Waals surface area contributed by atoms with Crippen molar-refractivity contribution in [3.63, 3.8) is 0 Å². The van der Waals surface area contributed by atoms with Crippen LogP contribution in [0.25, 0.3) is 0 Å². The summed E-state index contributed by atoms with van der Waals surface area (Å²) in [7, 11) is 2.13. The van der Waals surface area contributed by atoms with Crippen molar-refractivity contribution in [1.82, 2.24) is 5.32 Å². The van der Waals surface area contributed by atoms with Crippen LogP contribution < -0.4 is 10.2 Å². The highest BCUT2D eigenvalue weighted by molar-refractivity contribution is 5.44. The van der Waals surface area contributed by atoms with Crippen LogP contribution in [-0.4, -0.2) is 20.1 Å². The number of furan rings is 1. The van der Waals surface area contributed by atoms with Crippen molar-refractivity contribution in [2.24, 2.45) is 0 Å². The van der Waals surface area contributed by atoms with E-state index in [0.717, 1.165) is 31.8 Å². The zero-order chi connectivity index (χ0) is 12.6. The molecule has 0 aliphatic heterocycles. The molecule has 0 atom stereocenters. The molecule has 0 aliphatic carbocycles. The second-order valence-electron chi connectivity index (χ2n) is 4.37. The molecule has 0 bridgehead atoms. The van der Waals surface area contributed by atoms with E-state index in [1.807, 2.05) is 18.2 Å². The Bertz CT molecular complexity index is 425. The zero-order valence-corrected chi connectivity index (χ0v) is 10.8. The van der Waals surface area contributed by atoms with Crippen LogP contribution in [0, 0.1) is 0 Å². The van der Waals surface area contributed by atoms with Gasteiger partial charge in [-0.05, 0) is 37.2 Å². The van der Waals surface area contributed by atoms with Gasteiger partial charge >= 0.3 is 0 Å². The molecule has 2 aromatic rings. The van der Waals surface area contributed by atoms with Gasteiger partial charge in [0.05, 0.1) is 12.8 Å². The molecule has 0 fully saturated rings. The SMILES string of the molecule is CN(CCCNCc1ccco1)c1ccccc1. The highest BCUT2D eigenvalue weighted by Crippen LogP contribution is 2.10. The van der Waals surface area contributed by atoms with E-state index in [9.17, 15) is 0 Å². The lowest BCUT2D eigenvalue weighted by atomic mass is 10.3. The highest BCUT2D eigenvalue weighted by atomic mass is 16.3. The predicted molar refractivity (Wildman–Crippen MR) is 74.7 cm³/mol. The molecule has 0 amide bonds. The number of nitrogens with zero attached hydrogens (tertiary/aromatic N) is 1. The van der Waals surface area contributed by atoms with E-state index in [-0.39, 0.29) is 0 Å². The van der Waals surface area contributed by atoms with E-state index < -0.39 is 0 Å². The fraction of sp³-hybridized carbons (Fsp3) is 0.333. The number of benzene rings is 1. The van der Waals surface area contributed by atoms with Gasteiger partial charge in [0, 0.05) is 19.3 Å². The Morgan fingerprint density at radius 3 is 2.67 bits per heavy atom. The molecule has 0 unspecified atom stereocenters. The number of nitrogens with one attached hydrogen (secondary N) is 1. The summed E-state index contributed by atoms with van der Waals surface area (Å²) >= 11 is 0. The summed E-state index contributed by atoms with van der Waals surface area (Å²) in [5.74, 6) is 0.992. The lowest BCUT2D eigenvalue weighted by Gasteiger charge is -2.19. The summed E-state index contributed by atoms with van der Waals surface area (Å²) in [6, 6.07) is 14.4. The van der Waals surface area contributed by atoms with Crippen LogP contribution in [-0.2, 0) is 6.54 Å². The lowest BCUT2D eigenvalue weighted by Crippen LogP contribution is -2.23. The van der Waals surface area contributed by atoms with Gasteiger partial charge in [-0.15, -0.1) is 0 Å². The predicted octanol–water partition coefficient (Wildman–Crippen LogP) is 2.90. The van der Waals surface area contributed by atoms with Gasteiger partial charge in [-0.1, -0.05) is 18.2 Å². The van der Waals surface area contributed by atoms with E-state index >= 15 is 0 Å². The minimum absolute atomic E-state index is 0.808. The summed E-state index contributed by atoms with van der Waals surface area (Å²) in [6.45, 7) is 2.86. The molecule has 1 heterocycles. The van der Waals surface area contributed by atoms with E-state index in [1.54, 1.807) is 6.26 Å². The minimum atomic E-state index is 0.808. The molecule has 3 nitrogen and oxygen atoms in total. The summed E-state index contributed by atoms with van der Waals surface area (Å²) in [4.78, 5) is 2.27. The van der Waals surface area contributed by atoms with Gasteiger partial charge in [0.1, 0.15) is 5.76 Å². The number of para-hydroxylation sites is 1. The Morgan fingerprint density at radius 1 is 1.11 bits per heavy atom. The average Bonchev–Trinajstić information content (AvgIpc) is 2.92. The Balaban J connectivity index is 1.61. The second kappa shape index (κ2) is 6.87. The van der Waals surface area contributed by atoms with Crippen LogP contribution in [0.1, 0.15) is 12.2 Å². The van der Waals surface area contributed by atoms with E-state index in [1.165, 1.54) is 5.69 Å². The van der Waals surface area contributed by atoms with Gasteiger partial charge in [-0.3, -0.25) is 0 Å². The van der Waals surface area contributed by atoms with Crippen LogP contribution in [0.3, 0.4) is 0 Å². The first-order chi connectivity index (χ1) is 8.86. The molecule has 0 aliphatic rings. The van der Waals surface area contributed by atoms with Gasteiger partial charge in [0.15, 0.2) is 0 Å². The Kier molecular flexibility index (Phi) is 4.85. The fourth-order valence-corrected chi connectivity index (χ4v) is 1.88. The first kappa shape index (κ1) is 12.7. The normalized spacial score (nSPS) is 10.5. The van der Waals surface area contributed by atoms with Crippen molar-refractivity contribution in [2.75, 3.05) is 25.0 Å². The summed E-state index contributed by atoms with van der Waals surface area (Å²) < 4.78 is 5.26. The quantitative estimate of drug-likeness (QED) is 0.759. The third-order valence-corrected chi connectivity index (χ3v) is 2.92. The van der Waals surface area contributed by atoms with Crippen molar-refractivity contribution in [3.8, 4) is 0 Å². The van der Waals surface area contributed by atoms with Crippen LogP contribution >= 0.6 is 0 Å². The third-order valence-electron chi connectivity index (χ3n) is 2.92. The Hall–Kier alpha value is -1.74. The maximum atomic E-state index is 5.26. The lowest BCUT2D eigenvalue weighted by molar-refractivity contribution is 0.481. The van der Waals surface area contributed by atoms with Crippen molar-refractivity contribution in [3.05, 3.63) is 54.5 Å². The molecule has 18 heavy (non-hydrogen) atoms. The first-order valence-electron chi connectivity index (χ1n) is 6.35. The molecular formula is C15H20N2O. The van der Waals surface area contributed by atoms with Gasteiger partial charge < -0.3 is 14.6 Å². The summed E-state index contributed by atoms with van der Waals surface area (Å²) in [5.41, 5.74) is 1.27. The Labute approximate surface area is 108 Å². The molecule has 1 aromatic heterocycles. The zero-order valence-electron chi connectivity index (χ0n) is 10.8. The molecule has 2 rings (SSSR count). The van der Waals surface area contributed by atoms with Crippen molar-refractivity contribution < 1.29 is 4.42 Å². The fourth-order valence-electron chi connectivity index (χ4n) is 1.88. The number of hydrogen-bond acceptors (Lipinski definition) is 3. The smallest absolute Gasteiger partial charge is 0.117 e. The van der Waals surface area contributed by atoms with Crippen LogP contribution in [0.15, 0.2) is 53.1 Å². The largest absolute Gasteiger partial charge is 0.468 e. The molecule has 3 heteroatoms. The van der Waals surface area contributed by atoms with Gasteiger partial charge in [0.2, 0.25) is 0 Å². The van der Waals surface area contributed by atoms with Gasteiger partial charge in [0.25, 0.3) is 0 Å². The van der Waals surface area contributed by atoms with Crippen molar-refractivity contribution >= 4 is 5.69 Å². The van der Waals surface area contributed by atoms with Crippen LogP contribution in [0.4, 0.5) is 5.69 Å². The number of hydrogen-bond donors (Lipinski definition) is 1. The van der Waals surface area contributed by atoms with Crippen LogP contribution in [0.5, 0.6) is 0 Å². The molecule has 0 radical (unpaired) electrons. The van der Waals surface area contributed by atoms with Crippen molar-refractivity contribution in [2.45, 2.75) is 13.0 Å². The minimum Gasteiger partial charge on any atom is -0.468 e. The molecule has 0 spiro atoms. The second-order valence-corrected chi connectivity index (χ2v) is 4.37. The molecular weight excluding hydrogens is 224 g/mol. The average molecular weight is 244 g/mol. The van der Waals surface area contributed by atoms with Gasteiger partial charge in [-0.2, -0.15) is 0 Å². The van der Waals surface area contributed by atoms with Crippen LogP contribution in [0.2, 0.25) is 0 Å². The maximum Gasteiger partial charge on any atom is 0.117 e. The molecule has 0 saturated carbocycles. The van der Waals surface area contributed by atoms with E-state index in [4.69, 9.17) is 4.42 Å². The number of anilines is 1. The molecule has 0 saturated heterocycles. The number of rotatable bonds is 7. The third kappa shape index (κ3) is 3.93. The highest BCUT2D eigenvalue weighted by Gasteiger charge is 1.99. The topological polar surface area (TPSA) is 28.4 Å². The van der Waals surface area contributed by atoms with E-state index in [2.05, 4.69) is 41.5 Å². The molecule has 1 aromatic carbocycles. The molecule has 96 valence electrons. The maximum absolute atomic E-state index is 5.26. The van der Waals surface area contributed by atoms with E-state index in [0.29, 0.717) is 0 Å². The standard InChI is InChI=1S/C15H20N2O/c1-17(14-7-3-2-4-8-14)11-6-10-16-13-15-9-5-12-18-15/h2-5,7-9,12,16H,6,10-11,13H2,1H3. The summed E-state index contributed by atoms with van der Waals surface area (Å²) in [6.07, 6.45) is 2.83. The van der Waals surface area contributed by atoms with Crippen molar-refractivity contribution in [1.29, 1.82) is 0 Å². The monoisotopic (exact) mass is 244 g/mol. The van der Waals surface area contributed by atoms with Gasteiger partial charge in [-0.25, -0.2) is 0 Å².